The molecular formula is C25H23NO3. The molecule has 0 bridgehead atoms. The number of nitrogens with zero attached hydrogens (tertiary/aromatic N) is 1. The van der Waals surface area contributed by atoms with Crippen molar-refractivity contribution in [1.29, 1.82) is 0 Å². The summed E-state index contributed by atoms with van der Waals surface area (Å²) in [7, 11) is 0. The molecule has 3 aromatic rings. The van der Waals surface area contributed by atoms with E-state index in [0.29, 0.717) is 6.61 Å². The Labute approximate surface area is 170 Å². The molecule has 0 fully saturated rings. The predicted molar refractivity (Wildman–Crippen MR) is 111 cm³/mol. The smallest absolute Gasteiger partial charge is 0.162 e. The van der Waals surface area contributed by atoms with Gasteiger partial charge in [0.1, 0.15) is 12.9 Å². The molecule has 0 radical (unpaired) electrons. The van der Waals surface area contributed by atoms with Crippen molar-refractivity contribution in [3.8, 4) is 11.5 Å². The lowest BCUT2D eigenvalue weighted by Gasteiger charge is -2.29. The summed E-state index contributed by atoms with van der Waals surface area (Å²) in [6.07, 6.45) is 1.87. The van der Waals surface area contributed by atoms with Crippen LogP contribution >= 0.6 is 0 Å². The molecule has 1 atom stereocenters. The molecular weight excluding hydrogens is 362 g/mol. The highest BCUT2D eigenvalue weighted by atomic mass is 16.6. The minimum atomic E-state index is -0.0809. The molecule has 0 saturated carbocycles. The van der Waals surface area contributed by atoms with E-state index in [1.54, 1.807) is 0 Å². The third kappa shape index (κ3) is 3.76. The number of rotatable bonds is 4. The Morgan fingerprint density at radius 1 is 0.966 bits per heavy atom. The van der Waals surface area contributed by atoms with Crippen LogP contribution in [0.1, 0.15) is 38.7 Å². The van der Waals surface area contributed by atoms with Crippen molar-refractivity contribution >= 4 is 6.29 Å². The maximum absolute atomic E-state index is 11.1. The zero-order valence-electron chi connectivity index (χ0n) is 16.2. The van der Waals surface area contributed by atoms with Crippen molar-refractivity contribution < 1.29 is 14.3 Å². The minimum absolute atomic E-state index is 0.0809. The molecule has 2 heterocycles. The summed E-state index contributed by atoms with van der Waals surface area (Å²) < 4.78 is 11.9. The van der Waals surface area contributed by atoms with E-state index < -0.39 is 0 Å². The van der Waals surface area contributed by atoms with Crippen LogP contribution in [0, 0.1) is 0 Å². The van der Waals surface area contributed by atoms with Gasteiger partial charge in [-0.3, -0.25) is 9.69 Å². The Kier molecular flexibility index (Phi) is 4.78. The van der Waals surface area contributed by atoms with Crippen molar-refractivity contribution in [3.05, 3.63) is 94.5 Å². The monoisotopic (exact) mass is 385 g/mol. The van der Waals surface area contributed by atoms with Gasteiger partial charge in [0.25, 0.3) is 0 Å². The molecule has 4 heteroatoms. The first-order chi connectivity index (χ1) is 14.3. The van der Waals surface area contributed by atoms with Gasteiger partial charge in [0, 0.05) is 25.2 Å². The molecule has 0 amide bonds. The summed E-state index contributed by atoms with van der Waals surface area (Å²) in [6, 6.07) is 22.5. The topological polar surface area (TPSA) is 38.8 Å². The van der Waals surface area contributed by atoms with E-state index in [1.807, 2.05) is 36.4 Å². The molecule has 3 aromatic carbocycles. The second-order valence-corrected chi connectivity index (χ2v) is 7.71. The van der Waals surface area contributed by atoms with E-state index in [9.17, 15) is 4.79 Å². The van der Waals surface area contributed by atoms with Crippen LogP contribution < -0.4 is 9.47 Å². The molecule has 29 heavy (non-hydrogen) atoms. The fourth-order valence-corrected chi connectivity index (χ4v) is 4.12. The lowest BCUT2D eigenvalue weighted by molar-refractivity contribution is 0.0913. The van der Waals surface area contributed by atoms with Crippen LogP contribution in [0.2, 0.25) is 0 Å². The summed E-state index contributed by atoms with van der Waals surface area (Å²) in [5.74, 6) is 1.61. The van der Waals surface area contributed by atoms with E-state index >= 15 is 0 Å². The van der Waals surface area contributed by atoms with Crippen molar-refractivity contribution in [2.24, 2.45) is 0 Å². The SMILES string of the molecule is O=Cc1ccc2c(c1)CN(Cc1ccc(C3COc4ccccc4O3)cc1)CC2. The van der Waals surface area contributed by atoms with Gasteiger partial charge < -0.3 is 9.47 Å². The Bertz CT molecular complexity index is 1030. The number of ether oxygens (including phenoxy) is 2. The number of hydrogen-bond acceptors (Lipinski definition) is 4. The van der Waals surface area contributed by atoms with Gasteiger partial charge in [-0.25, -0.2) is 0 Å². The van der Waals surface area contributed by atoms with Gasteiger partial charge in [-0.15, -0.1) is 0 Å². The van der Waals surface area contributed by atoms with Gasteiger partial charge in [0.2, 0.25) is 0 Å². The summed E-state index contributed by atoms with van der Waals surface area (Å²) in [6.45, 7) is 3.34. The molecule has 4 nitrogen and oxygen atoms in total. The summed E-state index contributed by atoms with van der Waals surface area (Å²) in [5, 5.41) is 0. The first kappa shape index (κ1) is 18.0. The molecule has 2 aliphatic rings. The highest BCUT2D eigenvalue weighted by molar-refractivity contribution is 5.75. The van der Waals surface area contributed by atoms with Gasteiger partial charge in [0.15, 0.2) is 17.6 Å². The molecule has 0 saturated heterocycles. The van der Waals surface area contributed by atoms with Crippen molar-refractivity contribution in [3.63, 3.8) is 0 Å². The number of hydrogen-bond donors (Lipinski definition) is 0. The number of aldehydes is 1. The lowest BCUT2D eigenvalue weighted by atomic mass is 9.97. The zero-order chi connectivity index (χ0) is 19.6. The molecule has 2 aliphatic heterocycles. The van der Waals surface area contributed by atoms with Crippen molar-refractivity contribution in [1.82, 2.24) is 4.90 Å². The van der Waals surface area contributed by atoms with Crippen LogP contribution in [0.5, 0.6) is 11.5 Å². The van der Waals surface area contributed by atoms with Crippen LogP contribution in [0.4, 0.5) is 0 Å². The van der Waals surface area contributed by atoms with Crippen LogP contribution in [-0.2, 0) is 19.5 Å². The highest BCUT2D eigenvalue weighted by Crippen LogP contribution is 2.35. The molecule has 146 valence electrons. The van der Waals surface area contributed by atoms with Gasteiger partial charge >= 0.3 is 0 Å². The molecule has 0 N–H and O–H groups in total. The van der Waals surface area contributed by atoms with E-state index in [1.165, 1.54) is 16.7 Å². The zero-order valence-corrected chi connectivity index (χ0v) is 16.2. The van der Waals surface area contributed by atoms with E-state index in [0.717, 1.165) is 55.0 Å². The van der Waals surface area contributed by atoms with Crippen LogP contribution in [0.25, 0.3) is 0 Å². The van der Waals surface area contributed by atoms with E-state index in [2.05, 4.69) is 35.2 Å². The maximum atomic E-state index is 11.1. The average molecular weight is 385 g/mol. The third-order valence-corrected chi connectivity index (χ3v) is 5.72. The van der Waals surface area contributed by atoms with Gasteiger partial charge in [-0.1, -0.05) is 48.5 Å². The number of benzene rings is 3. The minimum Gasteiger partial charge on any atom is -0.485 e. The number of para-hydroxylation sites is 2. The number of carbonyl (C=O) groups excluding carboxylic acids is 1. The Morgan fingerprint density at radius 2 is 1.79 bits per heavy atom. The number of fused-ring (bicyclic) bond motifs is 2. The molecule has 0 aromatic heterocycles. The summed E-state index contributed by atoms with van der Waals surface area (Å²) in [5.41, 5.74) is 5.79. The molecule has 5 rings (SSSR count). The summed E-state index contributed by atoms with van der Waals surface area (Å²) in [4.78, 5) is 13.5. The second kappa shape index (κ2) is 7.72. The van der Waals surface area contributed by atoms with Crippen LogP contribution in [0.15, 0.2) is 66.7 Å². The fraction of sp³-hybridized carbons (Fsp3) is 0.240. The maximum Gasteiger partial charge on any atom is 0.162 e. The normalized spacial score (nSPS) is 18.1. The standard InChI is InChI=1S/C25H23NO3/c27-16-19-7-8-20-11-12-26(15-22(20)13-19)14-18-5-9-21(10-6-18)25-17-28-23-3-1-2-4-24(23)29-25/h1-10,13,16,25H,11-12,14-15,17H2. The van der Waals surface area contributed by atoms with E-state index in [4.69, 9.17) is 9.47 Å². The molecule has 1 unspecified atom stereocenters. The quantitative estimate of drug-likeness (QED) is 0.617. The molecule has 0 spiro atoms. The van der Waals surface area contributed by atoms with E-state index in [-0.39, 0.29) is 6.10 Å². The first-order valence-electron chi connectivity index (χ1n) is 10.1. The Balaban J connectivity index is 1.25. The van der Waals surface area contributed by atoms with Crippen LogP contribution in [0.3, 0.4) is 0 Å². The second-order valence-electron chi connectivity index (χ2n) is 7.71. The van der Waals surface area contributed by atoms with Crippen LogP contribution in [-0.4, -0.2) is 24.3 Å². The number of carbonyl (C=O) groups is 1. The highest BCUT2D eigenvalue weighted by Gasteiger charge is 2.22. The van der Waals surface area contributed by atoms with Gasteiger partial charge in [-0.2, -0.15) is 0 Å². The fourth-order valence-electron chi connectivity index (χ4n) is 4.12. The van der Waals surface area contributed by atoms with Crippen molar-refractivity contribution in [2.75, 3.05) is 13.2 Å². The lowest BCUT2D eigenvalue weighted by Crippen LogP contribution is -2.30. The van der Waals surface area contributed by atoms with Crippen molar-refractivity contribution in [2.45, 2.75) is 25.6 Å². The Morgan fingerprint density at radius 3 is 2.62 bits per heavy atom. The Hall–Kier alpha value is -3.11. The summed E-state index contributed by atoms with van der Waals surface area (Å²) >= 11 is 0. The molecule has 0 aliphatic carbocycles. The van der Waals surface area contributed by atoms with Gasteiger partial charge in [0.05, 0.1) is 0 Å². The third-order valence-electron chi connectivity index (χ3n) is 5.72. The largest absolute Gasteiger partial charge is 0.485 e. The average Bonchev–Trinajstić information content (AvgIpc) is 2.79. The van der Waals surface area contributed by atoms with Gasteiger partial charge in [-0.05, 0) is 46.9 Å². The first-order valence-corrected chi connectivity index (χ1v) is 10.1. The predicted octanol–water partition coefficient (Wildman–Crippen LogP) is 4.57.